The van der Waals surface area contributed by atoms with E-state index in [-0.39, 0.29) is 23.7 Å². The molecule has 160 valence electrons. The van der Waals surface area contributed by atoms with Crippen LogP contribution in [0.1, 0.15) is 0 Å². The van der Waals surface area contributed by atoms with Crippen LogP contribution in [-0.2, 0) is 14.8 Å². The Bertz CT molecular complexity index is 1020. The van der Waals surface area contributed by atoms with E-state index in [1.165, 1.54) is 22.5 Å². The minimum atomic E-state index is -3.80. The lowest BCUT2D eigenvalue weighted by Crippen LogP contribution is -2.49. The molecule has 2 saturated heterocycles. The summed E-state index contributed by atoms with van der Waals surface area (Å²) < 4.78 is 32.5. The molecule has 0 amide bonds. The van der Waals surface area contributed by atoms with E-state index in [2.05, 4.69) is 15.1 Å². The molecule has 0 bridgehead atoms. The number of hydrogen-bond acceptors (Lipinski definition) is 9. The van der Waals surface area contributed by atoms with Gasteiger partial charge in [0.05, 0.1) is 34.9 Å². The normalized spacial score (nSPS) is 18.4. The maximum atomic E-state index is 12.9. The number of nitro benzene ring substituents is 1. The number of non-ortho nitro benzene ring substituents is 1. The third kappa shape index (κ3) is 4.20. The van der Waals surface area contributed by atoms with Crippen LogP contribution in [0.4, 0.5) is 17.2 Å². The third-order valence-corrected chi connectivity index (χ3v) is 7.13. The highest BCUT2D eigenvalue weighted by atomic mass is 32.2. The van der Waals surface area contributed by atoms with Crippen molar-refractivity contribution in [3.63, 3.8) is 0 Å². The number of hydrogen-bond donors (Lipinski definition) is 0. The molecule has 30 heavy (non-hydrogen) atoms. The molecule has 11 nitrogen and oxygen atoms in total. The fourth-order valence-electron chi connectivity index (χ4n) is 3.56. The largest absolute Gasteiger partial charge is 0.378 e. The molecule has 1 aromatic heterocycles. The number of nitro groups is 1. The fourth-order valence-corrected chi connectivity index (χ4v) is 5.02. The quantitative estimate of drug-likeness (QED) is 0.495. The minimum absolute atomic E-state index is 0.0701. The monoisotopic (exact) mass is 434 g/mol. The molecule has 0 atom stereocenters. The number of sulfonamides is 1. The Balaban J connectivity index is 1.45. The summed E-state index contributed by atoms with van der Waals surface area (Å²) in [6, 6.07) is 7.10. The van der Waals surface area contributed by atoms with Crippen LogP contribution >= 0.6 is 0 Å². The predicted molar refractivity (Wildman–Crippen MR) is 109 cm³/mol. The molecule has 2 aliphatic heterocycles. The van der Waals surface area contributed by atoms with E-state index < -0.39 is 14.9 Å². The Morgan fingerprint density at radius 2 is 1.73 bits per heavy atom. The van der Waals surface area contributed by atoms with Crippen LogP contribution in [0.15, 0.2) is 41.4 Å². The SMILES string of the molecule is O=[N+]([O-])c1cccc(S(=O)(=O)N2CCN(c3cc(N4CCOCC4)cnn3)CC2)c1. The fraction of sp³-hybridized carbons (Fsp3) is 0.444. The van der Waals surface area contributed by atoms with Gasteiger partial charge >= 0.3 is 0 Å². The Morgan fingerprint density at radius 3 is 2.43 bits per heavy atom. The summed E-state index contributed by atoms with van der Waals surface area (Å²) in [5.41, 5.74) is 0.722. The molecule has 0 radical (unpaired) electrons. The lowest BCUT2D eigenvalue weighted by molar-refractivity contribution is -0.385. The first kappa shape index (κ1) is 20.4. The van der Waals surface area contributed by atoms with Gasteiger partial charge in [-0.25, -0.2) is 8.42 Å². The van der Waals surface area contributed by atoms with Gasteiger partial charge in [-0.15, -0.1) is 5.10 Å². The summed E-state index contributed by atoms with van der Waals surface area (Å²) in [7, 11) is -3.80. The highest BCUT2D eigenvalue weighted by Gasteiger charge is 2.30. The van der Waals surface area contributed by atoms with Crippen molar-refractivity contribution in [1.82, 2.24) is 14.5 Å². The summed E-state index contributed by atoms with van der Waals surface area (Å²) in [6.07, 6.45) is 1.72. The van der Waals surface area contributed by atoms with Gasteiger partial charge in [0.15, 0.2) is 5.82 Å². The van der Waals surface area contributed by atoms with Crippen molar-refractivity contribution in [3.8, 4) is 0 Å². The van der Waals surface area contributed by atoms with Crippen molar-refractivity contribution in [3.05, 3.63) is 46.6 Å². The van der Waals surface area contributed by atoms with Crippen LogP contribution < -0.4 is 9.80 Å². The van der Waals surface area contributed by atoms with Gasteiger partial charge in [0.1, 0.15) is 0 Å². The van der Waals surface area contributed by atoms with E-state index in [1.807, 2.05) is 11.0 Å². The molecule has 0 spiro atoms. The first-order valence-corrected chi connectivity index (χ1v) is 11.0. The number of anilines is 2. The van der Waals surface area contributed by atoms with E-state index in [0.717, 1.165) is 24.8 Å². The van der Waals surface area contributed by atoms with Crippen molar-refractivity contribution in [2.75, 3.05) is 62.3 Å². The van der Waals surface area contributed by atoms with E-state index in [4.69, 9.17) is 4.74 Å². The second kappa shape index (κ2) is 8.50. The topological polar surface area (TPSA) is 122 Å². The number of ether oxygens (including phenoxy) is 1. The van der Waals surface area contributed by atoms with E-state index in [0.29, 0.717) is 32.1 Å². The number of aromatic nitrogens is 2. The Morgan fingerprint density at radius 1 is 1.00 bits per heavy atom. The van der Waals surface area contributed by atoms with Gasteiger partial charge in [0.2, 0.25) is 10.0 Å². The number of rotatable bonds is 5. The van der Waals surface area contributed by atoms with Crippen molar-refractivity contribution in [2.24, 2.45) is 0 Å². The Labute approximate surface area is 174 Å². The van der Waals surface area contributed by atoms with E-state index in [9.17, 15) is 18.5 Å². The molecule has 0 N–H and O–H groups in total. The van der Waals surface area contributed by atoms with Gasteiger partial charge in [0, 0.05) is 57.5 Å². The maximum absolute atomic E-state index is 12.9. The van der Waals surface area contributed by atoms with Crippen LogP contribution in [0, 0.1) is 10.1 Å². The van der Waals surface area contributed by atoms with E-state index >= 15 is 0 Å². The average molecular weight is 434 g/mol. The highest BCUT2D eigenvalue weighted by Crippen LogP contribution is 2.24. The summed E-state index contributed by atoms with van der Waals surface area (Å²) in [5, 5.41) is 19.3. The van der Waals surface area contributed by atoms with E-state index in [1.54, 1.807) is 6.20 Å². The lowest BCUT2D eigenvalue weighted by Gasteiger charge is -2.35. The molecule has 2 fully saturated rings. The molecular formula is C18H22N6O5S. The number of benzene rings is 1. The molecule has 3 heterocycles. The molecule has 12 heteroatoms. The maximum Gasteiger partial charge on any atom is 0.270 e. The number of nitrogens with zero attached hydrogens (tertiary/aromatic N) is 6. The zero-order valence-electron chi connectivity index (χ0n) is 16.3. The molecule has 1 aromatic carbocycles. The van der Waals surface area contributed by atoms with Gasteiger partial charge < -0.3 is 14.5 Å². The molecule has 0 unspecified atom stereocenters. The Hall–Kier alpha value is -2.83. The van der Waals surface area contributed by atoms with Crippen molar-refractivity contribution >= 4 is 27.2 Å². The first-order chi connectivity index (χ1) is 14.4. The van der Waals surface area contributed by atoms with Gasteiger partial charge in [-0.05, 0) is 6.07 Å². The van der Waals surface area contributed by atoms with Crippen LogP contribution in [0.5, 0.6) is 0 Å². The van der Waals surface area contributed by atoms with Crippen LogP contribution in [-0.4, -0.2) is 80.3 Å². The van der Waals surface area contributed by atoms with Crippen LogP contribution in [0.2, 0.25) is 0 Å². The summed E-state index contributed by atoms with van der Waals surface area (Å²) in [6.45, 7) is 4.35. The van der Waals surface area contributed by atoms with Crippen LogP contribution in [0.3, 0.4) is 0 Å². The van der Waals surface area contributed by atoms with Gasteiger partial charge in [-0.1, -0.05) is 6.07 Å². The second-order valence-corrected chi connectivity index (χ2v) is 8.95. The third-order valence-electron chi connectivity index (χ3n) is 5.23. The smallest absolute Gasteiger partial charge is 0.270 e. The van der Waals surface area contributed by atoms with Gasteiger partial charge in [0.25, 0.3) is 5.69 Å². The molecule has 0 aliphatic carbocycles. The van der Waals surface area contributed by atoms with Crippen molar-refractivity contribution in [2.45, 2.75) is 4.90 Å². The molecule has 2 aliphatic rings. The molecule has 2 aromatic rings. The second-order valence-electron chi connectivity index (χ2n) is 7.02. The molecule has 0 saturated carbocycles. The highest BCUT2D eigenvalue weighted by molar-refractivity contribution is 7.89. The predicted octanol–water partition coefficient (Wildman–Crippen LogP) is 0.732. The molecular weight excluding hydrogens is 412 g/mol. The molecule has 4 rings (SSSR count). The van der Waals surface area contributed by atoms with Crippen molar-refractivity contribution in [1.29, 1.82) is 0 Å². The summed E-state index contributed by atoms with van der Waals surface area (Å²) >= 11 is 0. The summed E-state index contributed by atoms with van der Waals surface area (Å²) in [5.74, 6) is 0.700. The minimum Gasteiger partial charge on any atom is -0.378 e. The van der Waals surface area contributed by atoms with Crippen molar-refractivity contribution < 1.29 is 18.1 Å². The first-order valence-electron chi connectivity index (χ1n) is 9.60. The number of piperazine rings is 1. The number of morpholine rings is 1. The van der Waals surface area contributed by atoms with Crippen LogP contribution in [0.25, 0.3) is 0 Å². The standard InChI is InChI=1S/C18H22N6O5S/c25-24(26)15-2-1-3-17(12-15)30(27,28)23-6-4-22(5-7-23)18-13-16(14-19-20-18)21-8-10-29-11-9-21/h1-3,12-14H,4-11H2. The van der Waals surface area contributed by atoms with Gasteiger partial charge in [-0.3, -0.25) is 10.1 Å². The zero-order valence-corrected chi connectivity index (χ0v) is 17.1. The Kier molecular flexibility index (Phi) is 5.79. The average Bonchev–Trinajstić information content (AvgIpc) is 2.80. The lowest BCUT2D eigenvalue weighted by atomic mass is 10.3. The summed E-state index contributed by atoms with van der Waals surface area (Å²) in [4.78, 5) is 14.5. The zero-order chi connectivity index (χ0) is 21.1. The van der Waals surface area contributed by atoms with Gasteiger partial charge in [-0.2, -0.15) is 9.40 Å².